The molecule has 3 aromatic rings. The van der Waals surface area contributed by atoms with Crippen molar-refractivity contribution in [1.29, 1.82) is 0 Å². The molecule has 9 nitrogen and oxygen atoms in total. The van der Waals surface area contributed by atoms with Gasteiger partial charge in [0.15, 0.2) is 5.84 Å². The minimum atomic E-state index is -3.65. The van der Waals surface area contributed by atoms with Crippen LogP contribution < -0.4 is 10.9 Å². The van der Waals surface area contributed by atoms with Crippen LogP contribution in [0, 0.1) is 0 Å². The molecule has 0 radical (unpaired) electrons. The zero-order valence-corrected chi connectivity index (χ0v) is 17.1. The van der Waals surface area contributed by atoms with Gasteiger partial charge >= 0.3 is 0 Å². The minimum Gasteiger partial charge on any atom is -0.506 e. The van der Waals surface area contributed by atoms with E-state index in [4.69, 9.17) is 0 Å². The summed E-state index contributed by atoms with van der Waals surface area (Å²) < 4.78 is 26.6. The van der Waals surface area contributed by atoms with Gasteiger partial charge in [0, 0.05) is 23.7 Å². The number of aromatic hydroxyl groups is 1. The molecule has 3 aromatic heterocycles. The second-order valence-electron chi connectivity index (χ2n) is 6.57. The second-order valence-corrected chi connectivity index (χ2v) is 9.08. The number of nitrogens with zero attached hydrogens (tertiary/aromatic N) is 3. The first kappa shape index (κ1) is 19.9. The molecule has 0 saturated carbocycles. The van der Waals surface area contributed by atoms with E-state index in [1.54, 1.807) is 23.7 Å². The predicted octanol–water partition coefficient (Wildman–Crippen LogP) is 3.35. The van der Waals surface area contributed by atoms with Gasteiger partial charge in [-0.1, -0.05) is 24.1 Å². The molecule has 0 fully saturated rings. The van der Waals surface area contributed by atoms with E-state index >= 15 is 0 Å². The lowest BCUT2D eigenvalue weighted by atomic mass is 10.1. The van der Waals surface area contributed by atoms with Crippen LogP contribution in [0.15, 0.2) is 37.8 Å². The maximum Gasteiger partial charge on any atom is 0.267 e. The zero-order chi connectivity index (χ0) is 20.8. The van der Waals surface area contributed by atoms with Crippen LogP contribution in [-0.2, 0) is 13.2 Å². The Morgan fingerprint density at radius 1 is 1.34 bits per heavy atom. The van der Waals surface area contributed by atoms with Crippen molar-refractivity contribution in [2.24, 2.45) is 4.40 Å². The number of hydrogen-bond acceptors (Lipinski definition) is 9. The Morgan fingerprint density at radius 3 is 2.86 bits per heavy atom. The zero-order valence-electron chi connectivity index (χ0n) is 15.5. The number of amidine groups is 1. The van der Waals surface area contributed by atoms with Crippen LogP contribution in [-0.4, -0.2) is 34.7 Å². The third-order valence-corrected chi connectivity index (χ3v) is 7.20. The van der Waals surface area contributed by atoms with Crippen molar-refractivity contribution >= 4 is 44.0 Å². The van der Waals surface area contributed by atoms with Gasteiger partial charge < -0.3 is 15.5 Å². The molecule has 0 amide bonds. The van der Waals surface area contributed by atoms with Gasteiger partial charge in [-0.2, -0.15) is 0 Å². The normalized spacial score (nSPS) is 16.2. The van der Waals surface area contributed by atoms with Gasteiger partial charge in [-0.25, -0.2) is 4.98 Å². The van der Waals surface area contributed by atoms with Crippen molar-refractivity contribution in [2.75, 3.05) is 5.32 Å². The van der Waals surface area contributed by atoms with E-state index in [-0.39, 0.29) is 28.7 Å². The van der Waals surface area contributed by atoms with Gasteiger partial charge in [-0.05, 0) is 18.6 Å². The Kier molecular flexibility index (Phi) is 5.09. The van der Waals surface area contributed by atoms with Gasteiger partial charge in [-0.3, -0.25) is 18.5 Å². The molecule has 0 bridgehead atoms. The summed E-state index contributed by atoms with van der Waals surface area (Å²) in [4.78, 5) is 17.6. The summed E-state index contributed by atoms with van der Waals surface area (Å²) in [6.45, 7) is 2.03. The Hall–Kier alpha value is -2.44. The first-order chi connectivity index (χ1) is 13.9. The fourth-order valence-electron chi connectivity index (χ4n) is 3.29. The van der Waals surface area contributed by atoms with Crippen LogP contribution >= 0.6 is 22.1 Å². The highest BCUT2D eigenvalue weighted by Crippen LogP contribution is 2.59. The number of pyridine rings is 2. The van der Waals surface area contributed by atoms with Crippen molar-refractivity contribution in [3.63, 3.8) is 0 Å². The van der Waals surface area contributed by atoms with Crippen LogP contribution in [0.4, 0.5) is 5.00 Å². The van der Waals surface area contributed by atoms with Crippen LogP contribution in [0.3, 0.4) is 0 Å². The standard InChI is InChI=1S/C18H20N4O5S2/c1-2-3-7-22-16-11(5-4-6-19-16)13(24)12(18(22)25)15-20-17-14(29(26,27)21-15)10(8-23)9-28-17/h4-6,9,23-24,26-27H,2-3,7-8H2,1H3,(H,20,21). The fourth-order valence-corrected chi connectivity index (χ4v) is 5.95. The maximum atomic E-state index is 13.2. The predicted molar refractivity (Wildman–Crippen MR) is 114 cm³/mol. The first-order valence-corrected chi connectivity index (χ1v) is 11.3. The Labute approximate surface area is 171 Å². The van der Waals surface area contributed by atoms with Crippen molar-refractivity contribution in [3.05, 3.63) is 45.2 Å². The molecule has 11 heteroatoms. The van der Waals surface area contributed by atoms with E-state index < -0.39 is 16.3 Å². The molecule has 0 aliphatic carbocycles. The van der Waals surface area contributed by atoms with Gasteiger partial charge in [0.1, 0.15) is 26.9 Å². The Morgan fingerprint density at radius 2 is 2.14 bits per heavy atom. The van der Waals surface area contributed by atoms with E-state index in [1.165, 1.54) is 4.57 Å². The van der Waals surface area contributed by atoms with Crippen molar-refractivity contribution in [3.8, 4) is 5.75 Å². The minimum absolute atomic E-state index is 0.113. The summed E-state index contributed by atoms with van der Waals surface area (Å²) in [5, 5.41) is 25.5. The average Bonchev–Trinajstić information content (AvgIpc) is 3.12. The highest BCUT2D eigenvalue weighted by atomic mass is 32.3. The van der Waals surface area contributed by atoms with E-state index in [2.05, 4.69) is 14.7 Å². The molecule has 0 atom stereocenters. The highest BCUT2D eigenvalue weighted by molar-refractivity contribution is 8.23. The molecular formula is C18H20N4O5S2. The molecule has 0 spiro atoms. The summed E-state index contributed by atoms with van der Waals surface area (Å²) >= 11 is 1.16. The molecule has 1 aliphatic rings. The number of rotatable bonds is 5. The summed E-state index contributed by atoms with van der Waals surface area (Å²) in [6, 6.07) is 3.29. The number of hydrogen-bond donors (Lipinski definition) is 5. The number of unbranched alkanes of at least 4 members (excludes halogenated alkanes) is 1. The molecule has 0 aromatic carbocycles. The molecule has 4 rings (SSSR count). The largest absolute Gasteiger partial charge is 0.506 e. The van der Waals surface area contributed by atoms with Crippen molar-refractivity contribution < 1.29 is 19.3 Å². The monoisotopic (exact) mass is 436 g/mol. The molecule has 5 N–H and O–H groups in total. The summed E-state index contributed by atoms with van der Waals surface area (Å²) in [5.41, 5.74) is 0.0411. The summed E-state index contributed by atoms with van der Waals surface area (Å²) in [7, 11) is -3.65. The SMILES string of the molecule is CCCCn1c(=O)c(C2=NS(O)(O)c3c(CO)csc3N2)c(O)c2cccnc21. The van der Waals surface area contributed by atoms with E-state index in [0.29, 0.717) is 28.1 Å². The van der Waals surface area contributed by atoms with E-state index in [0.717, 1.165) is 24.2 Å². The topological polar surface area (TPSA) is 140 Å². The molecule has 0 unspecified atom stereocenters. The lowest BCUT2D eigenvalue weighted by molar-refractivity contribution is 0.278. The van der Waals surface area contributed by atoms with Crippen LogP contribution in [0.5, 0.6) is 5.75 Å². The molecule has 1 aliphatic heterocycles. The third-order valence-electron chi connectivity index (χ3n) is 4.68. The number of aromatic nitrogens is 2. The third kappa shape index (κ3) is 3.20. The number of aryl methyl sites for hydroxylation is 1. The van der Waals surface area contributed by atoms with E-state index in [9.17, 15) is 24.1 Å². The lowest BCUT2D eigenvalue weighted by Crippen LogP contribution is -2.32. The van der Waals surface area contributed by atoms with Crippen LogP contribution in [0.1, 0.15) is 30.9 Å². The molecule has 4 heterocycles. The molecule has 29 heavy (non-hydrogen) atoms. The number of thiophene rings is 1. The van der Waals surface area contributed by atoms with Gasteiger partial charge in [0.2, 0.25) is 0 Å². The van der Waals surface area contributed by atoms with E-state index in [1.807, 2.05) is 6.92 Å². The number of aliphatic hydroxyl groups is 1. The maximum absolute atomic E-state index is 13.2. The van der Waals surface area contributed by atoms with Crippen LogP contribution in [0.25, 0.3) is 11.0 Å². The van der Waals surface area contributed by atoms with Gasteiger partial charge in [0.25, 0.3) is 5.56 Å². The smallest absolute Gasteiger partial charge is 0.267 e. The number of anilines is 1. The fraction of sp³-hybridized carbons (Fsp3) is 0.278. The van der Waals surface area contributed by atoms with Gasteiger partial charge in [-0.15, -0.1) is 15.7 Å². The van der Waals surface area contributed by atoms with Crippen molar-refractivity contribution in [1.82, 2.24) is 9.55 Å². The van der Waals surface area contributed by atoms with Gasteiger partial charge in [0.05, 0.1) is 12.0 Å². The molecule has 154 valence electrons. The molecular weight excluding hydrogens is 416 g/mol. The summed E-state index contributed by atoms with van der Waals surface area (Å²) in [6.07, 6.45) is 3.14. The first-order valence-electron chi connectivity index (χ1n) is 8.96. The number of fused-ring (bicyclic) bond motifs is 2. The Bertz CT molecular complexity index is 1180. The van der Waals surface area contributed by atoms with Crippen LogP contribution in [0.2, 0.25) is 0 Å². The molecule has 0 saturated heterocycles. The average molecular weight is 437 g/mol. The quantitative estimate of drug-likeness (QED) is 0.413. The number of nitrogens with one attached hydrogen (secondary N) is 1. The lowest BCUT2D eigenvalue weighted by Gasteiger charge is -2.33. The summed E-state index contributed by atoms with van der Waals surface area (Å²) in [5.74, 6) is -0.447. The van der Waals surface area contributed by atoms with Crippen molar-refractivity contribution in [2.45, 2.75) is 37.8 Å². The Balaban J connectivity index is 1.95. The number of aliphatic hydroxyl groups excluding tert-OH is 1. The second kappa shape index (κ2) is 7.43. The highest BCUT2D eigenvalue weighted by Gasteiger charge is 2.33.